The van der Waals surface area contributed by atoms with Crippen LogP contribution in [0.25, 0.3) is 0 Å². The number of hydrogen-bond donors (Lipinski definition) is 6. The summed E-state index contributed by atoms with van der Waals surface area (Å²) in [5.41, 5.74) is 0. The van der Waals surface area contributed by atoms with Gasteiger partial charge in [-0.3, -0.25) is 0 Å². The number of hydrogen-bond acceptors (Lipinski definition) is 5. The molecule has 0 aromatic rings. The molecule has 0 aliphatic carbocycles. The largest absolute Gasteiger partial charge is 0 e. The van der Waals surface area contributed by atoms with Crippen LogP contribution in [0.2, 0.25) is 0 Å². The fraction of sp³-hybridized carbons (Fsp3) is 0.400. The average Bonchev–Trinajstić information content (AvgIpc) is 2.00. The SMILES string of the molecule is O=C(O)C(O)C(O)C(=O)O.O=C(O)O.[LiH].[Mn].[Ni]. The first kappa shape index (κ1) is 30.1. The van der Waals surface area contributed by atoms with Gasteiger partial charge >= 0.3 is 37.0 Å². The topological polar surface area (TPSA) is 173 Å². The van der Waals surface area contributed by atoms with E-state index >= 15 is 0 Å². The number of carboxylic acids is 2. The Hall–Kier alpha value is -0.260. The summed E-state index contributed by atoms with van der Waals surface area (Å²) in [4.78, 5) is 28.1. The molecule has 17 heavy (non-hydrogen) atoms. The molecule has 0 amide bonds. The zero-order valence-corrected chi connectivity index (χ0v) is 9.42. The van der Waals surface area contributed by atoms with Gasteiger partial charge in [-0.1, -0.05) is 0 Å². The van der Waals surface area contributed by atoms with Crippen LogP contribution in [0.1, 0.15) is 0 Å². The van der Waals surface area contributed by atoms with Gasteiger partial charge in [0.2, 0.25) is 0 Å². The summed E-state index contributed by atoms with van der Waals surface area (Å²) in [5.74, 6) is -3.54. The van der Waals surface area contributed by atoms with Crippen LogP contribution in [0, 0.1) is 0 Å². The summed E-state index contributed by atoms with van der Waals surface area (Å²) in [6.45, 7) is 0. The molecule has 0 aliphatic rings. The molecule has 0 saturated carbocycles. The first-order valence-electron chi connectivity index (χ1n) is 2.93. The molecule has 0 aromatic carbocycles. The van der Waals surface area contributed by atoms with Gasteiger partial charge in [-0.15, -0.1) is 0 Å². The maximum absolute atomic E-state index is 9.77. The Morgan fingerprint density at radius 2 is 0.882 bits per heavy atom. The van der Waals surface area contributed by atoms with Crippen molar-refractivity contribution in [3.05, 3.63) is 0 Å². The first-order valence-corrected chi connectivity index (χ1v) is 2.93. The molecule has 0 rings (SSSR count). The van der Waals surface area contributed by atoms with Crippen molar-refractivity contribution in [3.8, 4) is 0 Å². The third kappa shape index (κ3) is 21.6. The Balaban J connectivity index is -0.0000000607. The normalized spacial score (nSPS) is 10.7. The second-order valence-electron chi connectivity index (χ2n) is 1.85. The molecule has 6 N–H and O–H groups in total. The van der Waals surface area contributed by atoms with Crippen molar-refractivity contribution in [1.29, 1.82) is 0 Å². The van der Waals surface area contributed by atoms with Gasteiger partial charge in [-0.25, -0.2) is 14.4 Å². The van der Waals surface area contributed by atoms with Crippen molar-refractivity contribution in [1.82, 2.24) is 0 Å². The minimum atomic E-state index is -2.27. The van der Waals surface area contributed by atoms with E-state index in [-0.39, 0.29) is 52.4 Å². The van der Waals surface area contributed by atoms with Crippen molar-refractivity contribution in [2.75, 3.05) is 0 Å². The van der Waals surface area contributed by atoms with E-state index in [1.54, 1.807) is 0 Å². The van der Waals surface area contributed by atoms with Gasteiger partial charge in [0.25, 0.3) is 0 Å². The number of aliphatic carboxylic acids is 2. The fourth-order valence-corrected chi connectivity index (χ4v) is 0.270. The van der Waals surface area contributed by atoms with Crippen molar-refractivity contribution in [2.45, 2.75) is 12.2 Å². The molecule has 12 heteroatoms. The van der Waals surface area contributed by atoms with Crippen molar-refractivity contribution in [2.24, 2.45) is 0 Å². The fourth-order valence-electron chi connectivity index (χ4n) is 0.270. The van der Waals surface area contributed by atoms with E-state index in [0.717, 1.165) is 0 Å². The minimum Gasteiger partial charge on any atom is 0 e. The van der Waals surface area contributed by atoms with E-state index in [4.69, 9.17) is 35.4 Å². The van der Waals surface area contributed by atoms with Gasteiger partial charge in [-0.05, 0) is 0 Å². The standard InChI is InChI=1S/C4H6O6.CH2O3.Li.Mn.Ni.H/c5-1(3(7)8)2(6)4(9)10;2-1(3)4;;;;/h1-2,5-6H,(H,7,8)(H,9,10);(H2,2,3,4);;;;. The Kier molecular flexibility index (Phi) is 27.9. The first-order chi connectivity index (χ1) is 6.20. The molecule has 0 spiro atoms. The van der Waals surface area contributed by atoms with Gasteiger partial charge in [0, 0.05) is 33.6 Å². The molecule has 1 radical (unpaired) electrons. The molecular formula is C5H9LiMnNiO9. The zero-order valence-electron chi connectivity index (χ0n) is 7.26. The smallest absolute Gasteiger partial charge is 0 e. The van der Waals surface area contributed by atoms with Crippen LogP contribution in [-0.2, 0) is 43.1 Å². The predicted octanol–water partition coefficient (Wildman–Crippen LogP) is -2.55. The Morgan fingerprint density at radius 3 is 0.941 bits per heavy atom. The van der Waals surface area contributed by atoms with Crippen LogP contribution in [0.4, 0.5) is 4.79 Å². The van der Waals surface area contributed by atoms with Crippen LogP contribution < -0.4 is 0 Å². The molecule has 0 bridgehead atoms. The van der Waals surface area contributed by atoms with Gasteiger partial charge in [0.05, 0.1) is 0 Å². The van der Waals surface area contributed by atoms with Crippen LogP contribution in [-0.4, -0.2) is 79.8 Å². The summed E-state index contributed by atoms with van der Waals surface area (Å²) in [7, 11) is 0. The van der Waals surface area contributed by atoms with E-state index in [2.05, 4.69) is 0 Å². The summed E-state index contributed by atoms with van der Waals surface area (Å²) >= 11 is 0. The molecule has 0 aromatic heterocycles. The minimum absolute atomic E-state index is 0. The molecule has 0 fully saturated rings. The second kappa shape index (κ2) is 15.7. The molecule has 2 atom stereocenters. The Bertz CT molecular complexity index is 215. The van der Waals surface area contributed by atoms with Crippen molar-refractivity contribution >= 4 is 37.0 Å². The summed E-state index contributed by atoms with van der Waals surface area (Å²) in [6, 6.07) is 0. The van der Waals surface area contributed by atoms with Crippen LogP contribution >= 0.6 is 0 Å². The van der Waals surface area contributed by atoms with Gasteiger partial charge < -0.3 is 30.6 Å². The number of carbonyl (C=O) groups is 3. The van der Waals surface area contributed by atoms with Gasteiger partial charge in [0.1, 0.15) is 0 Å². The molecule has 0 saturated heterocycles. The monoisotopic (exact) mass is 333 g/mol. The van der Waals surface area contributed by atoms with E-state index in [0.29, 0.717) is 0 Å². The predicted molar refractivity (Wildman–Crippen MR) is 45.1 cm³/mol. The summed E-state index contributed by atoms with van der Waals surface area (Å²) < 4.78 is 0. The van der Waals surface area contributed by atoms with E-state index in [9.17, 15) is 9.59 Å². The van der Waals surface area contributed by atoms with Crippen molar-refractivity contribution in [3.63, 3.8) is 0 Å². The molecule has 0 heterocycles. The second-order valence-corrected chi connectivity index (χ2v) is 1.85. The third-order valence-electron chi connectivity index (χ3n) is 0.805. The third-order valence-corrected chi connectivity index (χ3v) is 0.805. The molecule has 2 unspecified atom stereocenters. The van der Waals surface area contributed by atoms with Gasteiger partial charge in [-0.2, -0.15) is 0 Å². The average molecular weight is 334 g/mol. The maximum atomic E-state index is 9.77. The maximum Gasteiger partial charge on any atom is 0 e. The van der Waals surface area contributed by atoms with E-state index < -0.39 is 30.3 Å². The van der Waals surface area contributed by atoms with E-state index in [1.807, 2.05) is 0 Å². The molecule has 9 nitrogen and oxygen atoms in total. The zero-order chi connectivity index (χ0) is 11.9. The number of carboxylic acid groups (broad SMARTS) is 4. The van der Waals surface area contributed by atoms with E-state index in [1.165, 1.54) is 0 Å². The quantitative estimate of drug-likeness (QED) is 0.304. The number of aliphatic hydroxyl groups excluding tert-OH is 2. The Labute approximate surface area is 127 Å². The molecular weight excluding hydrogens is 325 g/mol. The Morgan fingerprint density at radius 1 is 0.765 bits per heavy atom. The van der Waals surface area contributed by atoms with Crippen LogP contribution in [0.15, 0.2) is 0 Å². The van der Waals surface area contributed by atoms with Crippen molar-refractivity contribution < 1.29 is 78.6 Å². The number of aliphatic hydroxyl groups is 2. The molecule has 101 valence electrons. The van der Waals surface area contributed by atoms with Crippen LogP contribution in [0.3, 0.4) is 0 Å². The number of rotatable bonds is 3. The van der Waals surface area contributed by atoms with Gasteiger partial charge in [0.15, 0.2) is 12.2 Å². The summed E-state index contributed by atoms with van der Waals surface area (Å²) in [6.07, 6.45) is -6.37. The summed E-state index contributed by atoms with van der Waals surface area (Å²) in [5, 5.41) is 46.5. The molecule has 0 aliphatic heterocycles. The van der Waals surface area contributed by atoms with Crippen LogP contribution in [0.5, 0.6) is 0 Å².